The van der Waals surface area contributed by atoms with Gasteiger partial charge in [-0.1, -0.05) is 0 Å². The lowest BCUT2D eigenvalue weighted by Gasteiger charge is -2.20. The predicted molar refractivity (Wildman–Crippen MR) is 109 cm³/mol. The van der Waals surface area contributed by atoms with E-state index >= 15 is 0 Å². The summed E-state index contributed by atoms with van der Waals surface area (Å²) in [6.07, 6.45) is 5.25. The van der Waals surface area contributed by atoms with Crippen LogP contribution in [0.4, 0.5) is 0 Å². The number of amides is 1. The van der Waals surface area contributed by atoms with E-state index in [4.69, 9.17) is 9.47 Å². The highest BCUT2D eigenvalue weighted by atomic mass is 16.5. The second kappa shape index (κ2) is 8.86. The first kappa shape index (κ1) is 20.4. The summed E-state index contributed by atoms with van der Waals surface area (Å²) in [5.41, 5.74) is 0.961. The summed E-state index contributed by atoms with van der Waals surface area (Å²) in [5.74, 6) is 0.324. The van der Waals surface area contributed by atoms with E-state index in [1.807, 2.05) is 0 Å². The van der Waals surface area contributed by atoms with E-state index in [9.17, 15) is 9.59 Å². The molecule has 0 fully saturated rings. The molecule has 1 atom stereocenters. The Morgan fingerprint density at radius 2 is 2.03 bits per heavy atom. The zero-order chi connectivity index (χ0) is 21.8. The number of carbonyl (C=O) groups excluding carboxylic acids is 1. The molecule has 4 heterocycles. The maximum atomic E-state index is 13.1. The molecule has 3 aromatic rings. The molecule has 0 spiro atoms. The summed E-state index contributed by atoms with van der Waals surface area (Å²) in [6.45, 7) is 0.533. The molecule has 11 nitrogen and oxygen atoms in total. The average molecular weight is 423 g/mol. The summed E-state index contributed by atoms with van der Waals surface area (Å²) in [6, 6.07) is 4.11. The molecule has 1 aliphatic rings. The van der Waals surface area contributed by atoms with E-state index in [0.29, 0.717) is 30.2 Å². The molecule has 0 aromatic carbocycles. The fourth-order valence-electron chi connectivity index (χ4n) is 3.48. The number of hydrogen-bond acceptors (Lipinski definition) is 9. The maximum absolute atomic E-state index is 13.1. The number of ether oxygens (including phenoxy) is 2. The first-order valence-electron chi connectivity index (χ1n) is 9.75. The van der Waals surface area contributed by atoms with Crippen molar-refractivity contribution in [3.8, 4) is 23.1 Å². The van der Waals surface area contributed by atoms with Crippen molar-refractivity contribution in [3.05, 3.63) is 52.5 Å². The topological polar surface area (TPSA) is 134 Å². The van der Waals surface area contributed by atoms with Gasteiger partial charge in [0.2, 0.25) is 11.8 Å². The zero-order valence-corrected chi connectivity index (χ0v) is 17.1. The molecule has 1 unspecified atom stereocenters. The average Bonchev–Trinajstić information content (AvgIpc) is 3.01. The number of fused-ring (bicyclic) bond motifs is 1. The van der Waals surface area contributed by atoms with Crippen molar-refractivity contribution in [2.75, 3.05) is 14.2 Å². The van der Waals surface area contributed by atoms with Gasteiger partial charge < -0.3 is 14.8 Å². The molecule has 0 radical (unpaired) electrons. The minimum absolute atomic E-state index is 0.0759. The third-order valence-electron chi connectivity index (χ3n) is 5.01. The number of carbonyl (C=O) groups is 1. The Bertz CT molecular complexity index is 1150. The van der Waals surface area contributed by atoms with Crippen LogP contribution in [0.5, 0.6) is 11.8 Å². The smallest absolute Gasteiger partial charge is 0.257 e. The van der Waals surface area contributed by atoms with Crippen molar-refractivity contribution in [2.45, 2.75) is 31.8 Å². The quantitative estimate of drug-likeness (QED) is 0.641. The van der Waals surface area contributed by atoms with Crippen molar-refractivity contribution in [1.29, 1.82) is 0 Å². The second-order valence-electron chi connectivity index (χ2n) is 6.92. The van der Waals surface area contributed by atoms with Crippen LogP contribution < -0.4 is 20.3 Å². The zero-order valence-electron chi connectivity index (χ0n) is 17.1. The van der Waals surface area contributed by atoms with E-state index in [1.54, 1.807) is 16.8 Å². The molecule has 11 heteroatoms. The van der Waals surface area contributed by atoms with Crippen molar-refractivity contribution in [3.63, 3.8) is 0 Å². The Labute approximate surface area is 177 Å². The SMILES string of the molecule is COc1cc(C(=O)NC2CCCCn3c2nc(-c2ccncn2)cc3=O)c(OC)nn1. The third kappa shape index (κ3) is 4.20. The molecule has 0 saturated heterocycles. The molecule has 4 rings (SSSR count). The van der Waals surface area contributed by atoms with Crippen LogP contribution in [-0.2, 0) is 6.54 Å². The number of aromatic nitrogens is 6. The highest BCUT2D eigenvalue weighted by Gasteiger charge is 2.26. The van der Waals surface area contributed by atoms with E-state index in [0.717, 1.165) is 12.8 Å². The third-order valence-corrected chi connectivity index (χ3v) is 5.01. The van der Waals surface area contributed by atoms with Gasteiger partial charge in [0.1, 0.15) is 17.7 Å². The van der Waals surface area contributed by atoms with Crippen molar-refractivity contribution < 1.29 is 14.3 Å². The van der Waals surface area contributed by atoms with Gasteiger partial charge in [0.05, 0.1) is 31.6 Å². The van der Waals surface area contributed by atoms with Gasteiger partial charge in [0.25, 0.3) is 11.5 Å². The molecule has 3 aromatic heterocycles. The van der Waals surface area contributed by atoms with Gasteiger partial charge in [0.15, 0.2) is 0 Å². The maximum Gasteiger partial charge on any atom is 0.257 e. The molecule has 160 valence electrons. The number of hydrogen-bond donors (Lipinski definition) is 1. The monoisotopic (exact) mass is 423 g/mol. The van der Waals surface area contributed by atoms with E-state index in [-0.39, 0.29) is 22.9 Å². The number of rotatable bonds is 5. The molecule has 1 N–H and O–H groups in total. The Balaban J connectivity index is 1.72. The van der Waals surface area contributed by atoms with Gasteiger partial charge in [-0.15, -0.1) is 10.2 Å². The summed E-state index contributed by atoms with van der Waals surface area (Å²) < 4.78 is 11.8. The lowest BCUT2D eigenvalue weighted by Crippen LogP contribution is -2.34. The Morgan fingerprint density at radius 1 is 1.16 bits per heavy atom. The summed E-state index contributed by atoms with van der Waals surface area (Å²) in [7, 11) is 2.84. The standard InChI is InChI=1S/C20H21N7O4/c1-30-16-9-12(20(31-2)26-25-16)19(29)24-14-5-3-4-8-27-17(28)10-15(23-18(14)27)13-6-7-21-11-22-13/h6-7,9-11,14H,3-5,8H2,1-2H3,(H,24,29). The Morgan fingerprint density at radius 3 is 2.77 bits per heavy atom. The second-order valence-corrected chi connectivity index (χ2v) is 6.92. The van der Waals surface area contributed by atoms with Crippen LogP contribution in [0.15, 0.2) is 35.5 Å². The largest absolute Gasteiger partial charge is 0.480 e. The molecule has 0 saturated carbocycles. The summed E-state index contributed by atoms with van der Waals surface area (Å²) >= 11 is 0. The van der Waals surface area contributed by atoms with Crippen molar-refractivity contribution in [1.82, 2.24) is 35.0 Å². The predicted octanol–water partition coefficient (Wildman–Crippen LogP) is 1.16. The van der Waals surface area contributed by atoms with E-state index in [1.165, 1.54) is 32.7 Å². The van der Waals surface area contributed by atoms with Crippen LogP contribution in [0.1, 0.15) is 41.5 Å². The first-order chi connectivity index (χ1) is 15.1. The first-order valence-corrected chi connectivity index (χ1v) is 9.75. The lowest BCUT2D eigenvalue weighted by atomic mass is 10.1. The van der Waals surface area contributed by atoms with E-state index < -0.39 is 11.9 Å². The van der Waals surface area contributed by atoms with Crippen molar-refractivity contribution in [2.24, 2.45) is 0 Å². The van der Waals surface area contributed by atoms with Gasteiger partial charge in [-0.3, -0.25) is 14.2 Å². The molecule has 31 heavy (non-hydrogen) atoms. The van der Waals surface area contributed by atoms with Gasteiger partial charge in [-0.05, 0) is 25.3 Å². The fourth-order valence-corrected chi connectivity index (χ4v) is 3.48. The van der Waals surface area contributed by atoms with Crippen LogP contribution in [0.2, 0.25) is 0 Å². The lowest BCUT2D eigenvalue weighted by molar-refractivity contribution is 0.0927. The van der Waals surface area contributed by atoms with Gasteiger partial charge in [-0.25, -0.2) is 15.0 Å². The van der Waals surface area contributed by atoms with Gasteiger partial charge in [-0.2, -0.15) is 0 Å². The van der Waals surface area contributed by atoms with Gasteiger partial charge >= 0.3 is 0 Å². The van der Waals surface area contributed by atoms with Crippen molar-refractivity contribution >= 4 is 5.91 Å². The number of nitrogens with zero attached hydrogens (tertiary/aromatic N) is 6. The molecular formula is C20H21N7O4. The van der Waals surface area contributed by atoms with Gasteiger partial charge in [0, 0.05) is 24.9 Å². The van der Waals surface area contributed by atoms with Crippen LogP contribution >= 0.6 is 0 Å². The van der Waals surface area contributed by atoms with Crippen LogP contribution in [0, 0.1) is 0 Å². The van der Waals surface area contributed by atoms with E-state index in [2.05, 4.69) is 30.5 Å². The van der Waals surface area contributed by atoms with Crippen LogP contribution in [0.3, 0.4) is 0 Å². The number of methoxy groups -OCH3 is 2. The fraction of sp³-hybridized carbons (Fsp3) is 0.350. The minimum atomic E-state index is -0.478. The number of nitrogens with one attached hydrogen (secondary N) is 1. The summed E-state index contributed by atoms with van der Waals surface area (Å²) in [4.78, 5) is 38.6. The molecule has 1 aliphatic heterocycles. The minimum Gasteiger partial charge on any atom is -0.480 e. The van der Waals surface area contributed by atoms with Crippen LogP contribution in [-0.4, -0.2) is 49.8 Å². The van der Waals surface area contributed by atoms with Crippen LogP contribution in [0.25, 0.3) is 11.4 Å². The Hall–Kier alpha value is -3.89. The Kier molecular flexibility index (Phi) is 5.83. The molecule has 0 bridgehead atoms. The highest BCUT2D eigenvalue weighted by molar-refractivity contribution is 5.96. The molecule has 1 amide bonds. The summed E-state index contributed by atoms with van der Waals surface area (Å²) in [5, 5.41) is 10.7. The normalized spacial score (nSPS) is 15.5. The highest BCUT2D eigenvalue weighted by Crippen LogP contribution is 2.25. The molecular weight excluding hydrogens is 402 g/mol. The molecule has 0 aliphatic carbocycles.